The van der Waals surface area contributed by atoms with E-state index in [0.717, 1.165) is 17.0 Å². The quantitative estimate of drug-likeness (QED) is 0.666. The van der Waals surface area contributed by atoms with Crippen molar-refractivity contribution >= 4 is 40.4 Å². The lowest BCUT2D eigenvalue weighted by atomic mass is 9.94. The fourth-order valence-corrected chi connectivity index (χ4v) is 2.06. The van der Waals surface area contributed by atoms with Crippen LogP contribution >= 0.6 is 23.8 Å². The van der Waals surface area contributed by atoms with Gasteiger partial charge in [-0.1, -0.05) is 44.6 Å². The number of anilines is 1. The number of nitrogens with zero attached hydrogens (tertiary/aromatic N) is 1. The molecule has 0 radical (unpaired) electrons. The molecule has 0 N–H and O–H groups in total. The van der Waals surface area contributed by atoms with E-state index in [2.05, 4.69) is 0 Å². The van der Waals surface area contributed by atoms with E-state index in [9.17, 15) is 18.0 Å². The maximum absolute atomic E-state index is 12.9. The van der Waals surface area contributed by atoms with Crippen molar-refractivity contribution in [3.05, 3.63) is 28.8 Å². The molecule has 1 rings (SSSR count). The Labute approximate surface area is 131 Å². The molecule has 0 aliphatic heterocycles. The van der Waals surface area contributed by atoms with Gasteiger partial charge in [-0.3, -0.25) is 9.69 Å². The molecule has 0 heterocycles. The van der Waals surface area contributed by atoms with E-state index in [-0.39, 0.29) is 16.6 Å². The van der Waals surface area contributed by atoms with Crippen LogP contribution < -0.4 is 4.90 Å². The highest BCUT2D eigenvalue weighted by atomic mass is 35.5. The van der Waals surface area contributed by atoms with Crippen LogP contribution in [-0.4, -0.2) is 10.9 Å². The van der Waals surface area contributed by atoms with Crippen LogP contribution in [0, 0.1) is 5.41 Å². The molecule has 0 unspecified atom stereocenters. The Balaban J connectivity index is 3.42. The third kappa shape index (κ3) is 4.17. The van der Waals surface area contributed by atoms with E-state index < -0.39 is 22.2 Å². The average molecular weight is 338 g/mol. The zero-order valence-corrected chi connectivity index (χ0v) is 13.6. The highest BCUT2D eigenvalue weighted by Gasteiger charge is 2.35. The van der Waals surface area contributed by atoms with E-state index in [1.54, 1.807) is 20.8 Å². The maximum Gasteiger partial charge on any atom is 0.417 e. The topological polar surface area (TPSA) is 20.3 Å². The number of alkyl halides is 3. The third-order valence-electron chi connectivity index (χ3n) is 2.67. The van der Waals surface area contributed by atoms with Crippen molar-refractivity contribution in [1.82, 2.24) is 0 Å². The summed E-state index contributed by atoms with van der Waals surface area (Å²) >= 11 is 10.6. The molecule has 0 saturated heterocycles. The zero-order valence-electron chi connectivity index (χ0n) is 12.0. The summed E-state index contributed by atoms with van der Waals surface area (Å²) in [7, 11) is 0. The number of halogens is 4. The first-order valence-corrected chi connectivity index (χ1v) is 6.86. The van der Waals surface area contributed by atoms with Gasteiger partial charge in [0.2, 0.25) is 5.91 Å². The number of thiocarbonyl (C=S) groups is 1. The highest BCUT2D eigenvalue weighted by molar-refractivity contribution is 7.80. The Morgan fingerprint density at radius 2 is 1.76 bits per heavy atom. The van der Waals surface area contributed by atoms with Crippen molar-refractivity contribution in [2.45, 2.75) is 33.9 Å². The molecule has 0 bridgehead atoms. The number of rotatable bonds is 1. The maximum atomic E-state index is 12.9. The fraction of sp³-hybridized carbons (Fsp3) is 0.429. The second kappa shape index (κ2) is 5.93. The predicted octanol–water partition coefficient (Wildman–Crippen LogP) is 5.09. The average Bonchev–Trinajstić information content (AvgIpc) is 2.28. The minimum Gasteiger partial charge on any atom is -0.275 e. The van der Waals surface area contributed by atoms with Crippen molar-refractivity contribution in [2.24, 2.45) is 5.41 Å². The van der Waals surface area contributed by atoms with E-state index in [1.165, 1.54) is 13.0 Å². The molecule has 2 nitrogen and oxygen atoms in total. The first kappa shape index (κ1) is 17.9. The normalized spacial score (nSPS) is 12.2. The summed E-state index contributed by atoms with van der Waals surface area (Å²) in [5.74, 6) is -0.384. The molecule has 1 amide bonds. The van der Waals surface area contributed by atoms with E-state index in [1.807, 2.05) is 0 Å². The molecule has 1 aromatic rings. The van der Waals surface area contributed by atoms with Crippen LogP contribution in [0.4, 0.5) is 18.9 Å². The molecule has 1 aromatic carbocycles. The van der Waals surface area contributed by atoms with Gasteiger partial charge in [0, 0.05) is 5.41 Å². The summed E-state index contributed by atoms with van der Waals surface area (Å²) in [6.45, 7) is 6.49. The molecular formula is C14H15ClF3NOS. The summed E-state index contributed by atoms with van der Waals surface area (Å²) in [5, 5.41) is -0.420. The van der Waals surface area contributed by atoms with Gasteiger partial charge in [-0.15, -0.1) is 0 Å². The van der Waals surface area contributed by atoms with Gasteiger partial charge in [-0.25, -0.2) is 0 Å². The van der Waals surface area contributed by atoms with Crippen LogP contribution in [0.15, 0.2) is 18.2 Å². The van der Waals surface area contributed by atoms with E-state index in [4.69, 9.17) is 23.8 Å². The molecule has 21 heavy (non-hydrogen) atoms. The van der Waals surface area contributed by atoms with E-state index in [0.29, 0.717) is 0 Å². The van der Waals surface area contributed by atoms with E-state index >= 15 is 0 Å². The highest BCUT2D eigenvalue weighted by Crippen LogP contribution is 2.37. The first-order chi connectivity index (χ1) is 9.35. The Kier molecular flexibility index (Phi) is 5.05. The van der Waals surface area contributed by atoms with Crippen molar-refractivity contribution < 1.29 is 18.0 Å². The van der Waals surface area contributed by atoms with Gasteiger partial charge in [-0.2, -0.15) is 13.2 Å². The molecule has 0 aromatic heterocycles. The van der Waals surface area contributed by atoms with Crippen LogP contribution in [0.3, 0.4) is 0 Å². The molecular weight excluding hydrogens is 323 g/mol. The van der Waals surface area contributed by atoms with Gasteiger partial charge in [0.25, 0.3) is 0 Å². The predicted molar refractivity (Wildman–Crippen MR) is 81.7 cm³/mol. The molecule has 0 atom stereocenters. The van der Waals surface area contributed by atoms with Crippen LogP contribution in [0.25, 0.3) is 0 Å². The second-order valence-corrected chi connectivity index (χ2v) is 6.57. The SMILES string of the molecule is CC(=S)N(C(=O)C(C)(C)C)c1ccc(Cl)c(C(F)(F)F)c1. The Morgan fingerprint density at radius 3 is 2.14 bits per heavy atom. The van der Waals surface area contributed by atoms with Gasteiger partial charge in [-0.05, 0) is 25.1 Å². The molecule has 0 fully saturated rings. The number of benzene rings is 1. The molecule has 116 valence electrons. The van der Waals surface area contributed by atoms with Crippen molar-refractivity contribution in [1.29, 1.82) is 0 Å². The minimum absolute atomic E-state index is 0.0548. The first-order valence-electron chi connectivity index (χ1n) is 6.07. The fourth-order valence-electron chi connectivity index (χ4n) is 1.65. The molecule has 0 aliphatic rings. The van der Waals surface area contributed by atoms with Gasteiger partial charge >= 0.3 is 6.18 Å². The summed E-state index contributed by atoms with van der Waals surface area (Å²) in [6.07, 6.45) is -4.60. The molecule has 0 saturated carbocycles. The number of hydrogen-bond acceptors (Lipinski definition) is 2. The Morgan fingerprint density at radius 1 is 1.24 bits per heavy atom. The molecule has 7 heteroatoms. The smallest absolute Gasteiger partial charge is 0.275 e. The minimum atomic E-state index is -4.60. The zero-order chi connectivity index (χ0) is 16.6. The molecule has 0 spiro atoms. The Bertz CT molecular complexity index is 579. The summed E-state index contributed by atoms with van der Waals surface area (Å²) in [6, 6.07) is 3.29. The standard InChI is InChI=1S/C14H15ClF3NOS/c1-8(21)19(12(20)13(2,3)4)9-5-6-11(15)10(7-9)14(16,17)18/h5-7H,1-4H3. The summed E-state index contributed by atoms with van der Waals surface area (Å²) in [5.41, 5.74) is -1.72. The van der Waals surface area contributed by atoms with Gasteiger partial charge in [0.15, 0.2) is 0 Å². The van der Waals surface area contributed by atoms with Crippen LogP contribution in [0.2, 0.25) is 5.02 Å². The van der Waals surface area contributed by atoms with Crippen molar-refractivity contribution in [2.75, 3.05) is 4.90 Å². The van der Waals surface area contributed by atoms with Crippen LogP contribution in [0.5, 0.6) is 0 Å². The number of carbonyl (C=O) groups is 1. The van der Waals surface area contributed by atoms with Crippen LogP contribution in [0.1, 0.15) is 33.3 Å². The summed E-state index contributed by atoms with van der Waals surface area (Å²) < 4.78 is 38.7. The Hall–Kier alpha value is -1.14. The molecule has 0 aliphatic carbocycles. The number of amides is 1. The van der Waals surface area contributed by atoms with Crippen molar-refractivity contribution in [3.8, 4) is 0 Å². The lowest BCUT2D eigenvalue weighted by Crippen LogP contribution is -2.42. The number of carbonyl (C=O) groups excluding carboxylic acids is 1. The van der Waals surface area contributed by atoms with Crippen LogP contribution in [-0.2, 0) is 11.0 Å². The lowest BCUT2D eigenvalue weighted by Gasteiger charge is -2.29. The number of hydrogen-bond donors (Lipinski definition) is 0. The third-order valence-corrected chi connectivity index (χ3v) is 3.19. The van der Waals surface area contributed by atoms with Gasteiger partial charge < -0.3 is 0 Å². The van der Waals surface area contributed by atoms with Crippen molar-refractivity contribution in [3.63, 3.8) is 0 Å². The lowest BCUT2D eigenvalue weighted by molar-refractivity contribution is -0.137. The summed E-state index contributed by atoms with van der Waals surface area (Å²) in [4.78, 5) is 13.6. The second-order valence-electron chi connectivity index (χ2n) is 5.57. The van der Waals surface area contributed by atoms with Gasteiger partial charge in [0.1, 0.15) is 0 Å². The van der Waals surface area contributed by atoms with Gasteiger partial charge in [0.05, 0.1) is 21.3 Å². The largest absolute Gasteiger partial charge is 0.417 e. The monoisotopic (exact) mass is 337 g/mol.